The van der Waals surface area contributed by atoms with E-state index in [9.17, 15) is 13.2 Å². The lowest BCUT2D eigenvalue weighted by atomic mass is 10.2. The van der Waals surface area contributed by atoms with Crippen molar-refractivity contribution in [2.24, 2.45) is 5.73 Å². The van der Waals surface area contributed by atoms with E-state index in [2.05, 4.69) is 20.9 Å². The molecule has 0 fully saturated rings. The van der Waals surface area contributed by atoms with Crippen LogP contribution >= 0.6 is 15.9 Å². The van der Waals surface area contributed by atoms with Crippen molar-refractivity contribution in [1.82, 2.24) is 4.98 Å². The predicted molar refractivity (Wildman–Crippen MR) is 66.2 cm³/mol. The zero-order chi connectivity index (χ0) is 14.0. The quantitative estimate of drug-likeness (QED) is 0.875. The van der Waals surface area contributed by atoms with Gasteiger partial charge in [0.25, 0.3) is 0 Å². The molecule has 0 spiro atoms. The maximum Gasteiger partial charge on any atom is 0.224 e. The largest absolute Gasteiger partial charge is 0.435 e. The molecule has 2 rings (SSSR count). The monoisotopic (exact) mass is 332 g/mol. The number of aromatic nitrogens is 1. The zero-order valence-corrected chi connectivity index (χ0v) is 11.0. The summed E-state index contributed by atoms with van der Waals surface area (Å²) < 4.78 is 45.1. The molecule has 7 heteroatoms. The SMILES string of the molecule is NCc1cc(F)cnc1Oc1cc(Br)cc(F)c1F. The van der Waals surface area contributed by atoms with Crippen molar-refractivity contribution < 1.29 is 17.9 Å². The molecular weight excluding hydrogens is 325 g/mol. The normalized spacial score (nSPS) is 10.6. The molecule has 0 aliphatic heterocycles. The minimum absolute atomic E-state index is 0.0435. The fraction of sp³-hybridized carbons (Fsp3) is 0.0833. The summed E-state index contributed by atoms with van der Waals surface area (Å²) in [6.07, 6.45) is 0.904. The first kappa shape index (κ1) is 13.8. The third-order valence-corrected chi connectivity index (χ3v) is 2.74. The van der Waals surface area contributed by atoms with Gasteiger partial charge in [-0.05, 0) is 18.2 Å². The molecule has 0 aliphatic carbocycles. The highest BCUT2D eigenvalue weighted by atomic mass is 79.9. The second kappa shape index (κ2) is 5.58. The minimum atomic E-state index is -1.16. The van der Waals surface area contributed by atoms with Crippen LogP contribution in [0.3, 0.4) is 0 Å². The van der Waals surface area contributed by atoms with Crippen molar-refractivity contribution in [3.8, 4) is 11.6 Å². The number of rotatable bonds is 3. The van der Waals surface area contributed by atoms with Gasteiger partial charge >= 0.3 is 0 Å². The van der Waals surface area contributed by atoms with Gasteiger partial charge in [-0.3, -0.25) is 0 Å². The van der Waals surface area contributed by atoms with Crippen molar-refractivity contribution in [3.05, 3.63) is 51.9 Å². The highest BCUT2D eigenvalue weighted by Gasteiger charge is 2.15. The maximum atomic E-state index is 13.5. The van der Waals surface area contributed by atoms with Crippen LogP contribution in [0.1, 0.15) is 5.56 Å². The third-order valence-electron chi connectivity index (χ3n) is 2.28. The van der Waals surface area contributed by atoms with E-state index in [4.69, 9.17) is 10.5 Å². The lowest BCUT2D eigenvalue weighted by Gasteiger charge is -2.10. The Balaban J connectivity index is 2.41. The second-order valence-electron chi connectivity index (χ2n) is 3.62. The smallest absolute Gasteiger partial charge is 0.224 e. The van der Waals surface area contributed by atoms with Gasteiger partial charge in [0.2, 0.25) is 11.7 Å². The Morgan fingerprint density at radius 2 is 1.95 bits per heavy atom. The van der Waals surface area contributed by atoms with E-state index < -0.39 is 17.5 Å². The Morgan fingerprint density at radius 1 is 1.21 bits per heavy atom. The molecule has 3 nitrogen and oxygen atoms in total. The van der Waals surface area contributed by atoms with Crippen molar-refractivity contribution in [2.45, 2.75) is 6.54 Å². The van der Waals surface area contributed by atoms with Crippen LogP contribution in [-0.2, 0) is 6.54 Å². The van der Waals surface area contributed by atoms with Gasteiger partial charge in [-0.25, -0.2) is 13.8 Å². The summed E-state index contributed by atoms with van der Waals surface area (Å²) in [5.41, 5.74) is 5.66. The molecule has 0 bridgehead atoms. The van der Waals surface area contributed by atoms with Gasteiger partial charge < -0.3 is 10.5 Å². The number of nitrogens with two attached hydrogens (primary N) is 1. The average molecular weight is 333 g/mol. The van der Waals surface area contributed by atoms with Crippen molar-refractivity contribution in [3.63, 3.8) is 0 Å². The van der Waals surface area contributed by atoms with Crippen LogP contribution in [-0.4, -0.2) is 4.98 Å². The van der Waals surface area contributed by atoms with Gasteiger partial charge in [0, 0.05) is 16.6 Å². The Labute approximate surface area is 115 Å². The van der Waals surface area contributed by atoms with E-state index >= 15 is 0 Å². The number of pyridine rings is 1. The number of nitrogens with zero attached hydrogens (tertiary/aromatic N) is 1. The highest BCUT2D eigenvalue weighted by molar-refractivity contribution is 9.10. The number of benzene rings is 1. The molecule has 1 heterocycles. The topological polar surface area (TPSA) is 48.1 Å². The van der Waals surface area contributed by atoms with Crippen molar-refractivity contribution in [2.75, 3.05) is 0 Å². The molecule has 100 valence electrons. The van der Waals surface area contributed by atoms with E-state index in [1.54, 1.807) is 0 Å². The summed E-state index contributed by atoms with van der Waals surface area (Å²) in [5.74, 6) is -3.24. The van der Waals surface area contributed by atoms with Gasteiger partial charge in [0.15, 0.2) is 11.6 Å². The zero-order valence-electron chi connectivity index (χ0n) is 9.46. The molecule has 0 radical (unpaired) electrons. The van der Waals surface area contributed by atoms with Crippen LogP contribution in [0.2, 0.25) is 0 Å². The van der Waals surface area contributed by atoms with E-state index in [0.29, 0.717) is 4.47 Å². The second-order valence-corrected chi connectivity index (χ2v) is 4.54. The van der Waals surface area contributed by atoms with Crippen LogP contribution in [0.4, 0.5) is 13.2 Å². The summed E-state index contributed by atoms with van der Waals surface area (Å²) in [5, 5.41) is 0. The minimum Gasteiger partial charge on any atom is -0.435 e. The molecule has 19 heavy (non-hydrogen) atoms. The predicted octanol–water partition coefficient (Wildman–Crippen LogP) is 3.51. The molecule has 0 saturated heterocycles. The molecule has 0 aliphatic rings. The molecule has 2 N–H and O–H groups in total. The highest BCUT2D eigenvalue weighted by Crippen LogP contribution is 2.30. The van der Waals surface area contributed by atoms with Gasteiger partial charge in [-0.1, -0.05) is 15.9 Å². The van der Waals surface area contributed by atoms with Crippen molar-refractivity contribution >= 4 is 15.9 Å². The van der Waals surface area contributed by atoms with Crippen LogP contribution in [0.25, 0.3) is 0 Å². The molecule has 0 unspecified atom stereocenters. The number of hydrogen-bond donors (Lipinski definition) is 1. The number of halogens is 4. The molecule has 1 aromatic heterocycles. The summed E-state index contributed by atoms with van der Waals surface area (Å²) in [4.78, 5) is 3.66. The molecule has 0 amide bonds. The summed E-state index contributed by atoms with van der Waals surface area (Å²) in [6.45, 7) is -0.0435. The van der Waals surface area contributed by atoms with Crippen LogP contribution < -0.4 is 10.5 Å². The number of ether oxygens (including phenoxy) is 1. The first-order chi connectivity index (χ1) is 9.01. The summed E-state index contributed by atoms with van der Waals surface area (Å²) in [6, 6.07) is 3.32. The standard InChI is InChI=1S/C12H8BrF3N2O/c13-7-2-9(15)11(16)10(3-7)19-12-6(4-17)1-8(14)5-18-12/h1-3,5H,4,17H2. The maximum absolute atomic E-state index is 13.5. The third kappa shape index (κ3) is 3.05. The van der Waals surface area contributed by atoms with E-state index in [-0.39, 0.29) is 23.7 Å². The first-order valence-electron chi connectivity index (χ1n) is 5.18. The lowest BCUT2D eigenvalue weighted by molar-refractivity contribution is 0.399. The van der Waals surface area contributed by atoms with Crippen LogP contribution in [0, 0.1) is 17.5 Å². The van der Waals surface area contributed by atoms with Crippen LogP contribution in [0.15, 0.2) is 28.9 Å². The molecule has 0 saturated carbocycles. The molecule has 1 aromatic carbocycles. The lowest BCUT2D eigenvalue weighted by Crippen LogP contribution is -2.03. The van der Waals surface area contributed by atoms with Crippen LogP contribution in [0.5, 0.6) is 11.6 Å². The van der Waals surface area contributed by atoms with Crippen molar-refractivity contribution in [1.29, 1.82) is 0 Å². The summed E-state index contributed by atoms with van der Waals surface area (Å²) in [7, 11) is 0. The van der Waals surface area contributed by atoms with E-state index in [1.165, 1.54) is 6.07 Å². The van der Waals surface area contributed by atoms with Gasteiger partial charge in [0.1, 0.15) is 5.82 Å². The fourth-order valence-corrected chi connectivity index (χ4v) is 1.83. The Morgan fingerprint density at radius 3 is 2.63 bits per heavy atom. The number of hydrogen-bond acceptors (Lipinski definition) is 3. The Hall–Kier alpha value is -1.60. The molecular formula is C12H8BrF3N2O. The van der Waals surface area contributed by atoms with Gasteiger partial charge in [0.05, 0.1) is 6.20 Å². The average Bonchev–Trinajstić information content (AvgIpc) is 2.37. The molecule has 2 aromatic rings. The molecule has 0 atom stereocenters. The fourth-order valence-electron chi connectivity index (χ4n) is 1.42. The van der Waals surface area contributed by atoms with E-state index in [0.717, 1.165) is 18.3 Å². The Kier molecular flexibility index (Phi) is 4.06. The van der Waals surface area contributed by atoms with Gasteiger partial charge in [-0.2, -0.15) is 4.39 Å². The van der Waals surface area contributed by atoms with Gasteiger partial charge in [-0.15, -0.1) is 0 Å². The van der Waals surface area contributed by atoms with E-state index in [1.807, 2.05) is 0 Å². The first-order valence-corrected chi connectivity index (χ1v) is 5.97. The summed E-state index contributed by atoms with van der Waals surface area (Å²) >= 11 is 3.02. The Bertz CT molecular complexity index is 622.